The van der Waals surface area contributed by atoms with Crippen LogP contribution >= 0.6 is 0 Å². The van der Waals surface area contributed by atoms with Crippen molar-refractivity contribution in [2.75, 3.05) is 12.9 Å². The quantitative estimate of drug-likeness (QED) is 0.610. The summed E-state index contributed by atoms with van der Waals surface area (Å²) in [5, 5.41) is 0. The van der Waals surface area contributed by atoms with Gasteiger partial charge in [-0.2, -0.15) is 0 Å². The minimum atomic E-state index is -3.23. The van der Waals surface area contributed by atoms with Crippen LogP contribution in [0, 0.1) is 0 Å². The fraction of sp³-hybridized carbons (Fsp3) is 0.364. The monoisotopic (exact) mass is 258 g/mol. The Morgan fingerprint density at radius 2 is 1.82 bits per heavy atom. The van der Waals surface area contributed by atoms with Gasteiger partial charge in [-0.1, -0.05) is 6.92 Å². The third-order valence-electron chi connectivity index (χ3n) is 1.88. The molecule has 5 nitrogen and oxygen atoms in total. The van der Waals surface area contributed by atoms with Gasteiger partial charge in [0, 0.05) is 6.26 Å². The molecule has 0 unspecified atom stereocenters. The van der Waals surface area contributed by atoms with Gasteiger partial charge < -0.3 is 9.47 Å². The maximum Gasteiger partial charge on any atom is 0.513 e. The van der Waals surface area contributed by atoms with Crippen molar-refractivity contribution in [2.45, 2.75) is 18.2 Å². The molecule has 0 saturated heterocycles. The van der Waals surface area contributed by atoms with E-state index in [1.807, 2.05) is 6.92 Å². The molecule has 94 valence electrons. The third kappa shape index (κ3) is 4.44. The fourth-order valence-corrected chi connectivity index (χ4v) is 1.70. The Kier molecular flexibility index (Phi) is 4.51. The van der Waals surface area contributed by atoms with Gasteiger partial charge in [0.15, 0.2) is 9.84 Å². The smallest absolute Gasteiger partial charge is 0.434 e. The number of hydrogen-bond acceptors (Lipinski definition) is 5. The lowest BCUT2D eigenvalue weighted by Crippen LogP contribution is -2.11. The Bertz CT molecular complexity index is 475. The minimum absolute atomic E-state index is 0.173. The Hall–Kier alpha value is -1.56. The van der Waals surface area contributed by atoms with Gasteiger partial charge in [0.05, 0.1) is 11.5 Å². The summed E-state index contributed by atoms with van der Waals surface area (Å²) < 4.78 is 31.9. The number of carbonyl (C=O) groups excluding carboxylic acids is 1. The van der Waals surface area contributed by atoms with Crippen LogP contribution in [0.5, 0.6) is 5.75 Å². The number of sulfone groups is 1. The number of rotatable bonds is 4. The Morgan fingerprint density at radius 3 is 2.29 bits per heavy atom. The molecule has 0 aliphatic heterocycles. The first-order valence-corrected chi connectivity index (χ1v) is 6.97. The zero-order valence-corrected chi connectivity index (χ0v) is 10.5. The summed E-state index contributed by atoms with van der Waals surface area (Å²) in [6, 6.07) is 5.56. The van der Waals surface area contributed by atoms with Gasteiger partial charge in [-0.25, -0.2) is 13.2 Å². The van der Waals surface area contributed by atoms with Gasteiger partial charge in [-0.15, -0.1) is 0 Å². The van der Waals surface area contributed by atoms with Crippen molar-refractivity contribution in [2.24, 2.45) is 0 Å². The topological polar surface area (TPSA) is 69.7 Å². The van der Waals surface area contributed by atoms with Gasteiger partial charge in [-0.3, -0.25) is 0 Å². The minimum Gasteiger partial charge on any atom is -0.434 e. The van der Waals surface area contributed by atoms with E-state index in [2.05, 4.69) is 0 Å². The highest BCUT2D eigenvalue weighted by atomic mass is 32.2. The van der Waals surface area contributed by atoms with Crippen molar-refractivity contribution >= 4 is 16.0 Å². The fourth-order valence-electron chi connectivity index (χ4n) is 1.07. The molecule has 0 fully saturated rings. The highest BCUT2D eigenvalue weighted by Crippen LogP contribution is 2.16. The summed E-state index contributed by atoms with van der Waals surface area (Å²) in [6.45, 7) is 2.16. The Balaban J connectivity index is 2.66. The van der Waals surface area contributed by atoms with E-state index in [0.717, 1.165) is 6.26 Å². The second-order valence-electron chi connectivity index (χ2n) is 3.44. The molecule has 0 aliphatic rings. The van der Waals surface area contributed by atoms with Crippen molar-refractivity contribution in [3.8, 4) is 5.75 Å². The van der Waals surface area contributed by atoms with Crippen LogP contribution in [0.1, 0.15) is 13.3 Å². The SMILES string of the molecule is CCCOC(=O)Oc1ccc(S(C)(=O)=O)cc1. The van der Waals surface area contributed by atoms with Crippen molar-refractivity contribution in [3.63, 3.8) is 0 Å². The highest BCUT2D eigenvalue weighted by Gasteiger charge is 2.09. The summed E-state index contributed by atoms with van der Waals surface area (Å²) in [5.41, 5.74) is 0. The summed E-state index contributed by atoms with van der Waals surface area (Å²) in [7, 11) is -3.23. The number of hydrogen-bond donors (Lipinski definition) is 0. The zero-order chi connectivity index (χ0) is 12.9. The van der Waals surface area contributed by atoms with Crippen LogP contribution in [0.25, 0.3) is 0 Å². The van der Waals surface area contributed by atoms with Gasteiger partial charge in [-0.05, 0) is 30.7 Å². The van der Waals surface area contributed by atoms with Crippen LogP contribution in [-0.2, 0) is 14.6 Å². The van der Waals surface area contributed by atoms with E-state index in [1.54, 1.807) is 0 Å². The van der Waals surface area contributed by atoms with E-state index in [1.165, 1.54) is 24.3 Å². The molecule has 0 heterocycles. The van der Waals surface area contributed by atoms with Crippen LogP contribution in [0.15, 0.2) is 29.2 Å². The molecule has 17 heavy (non-hydrogen) atoms. The van der Waals surface area contributed by atoms with E-state index in [0.29, 0.717) is 13.0 Å². The van der Waals surface area contributed by atoms with E-state index in [4.69, 9.17) is 9.47 Å². The summed E-state index contributed by atoms with van der Waals surface area (Å²) >= 11 is 0. The molecule has 0 amide bonds. The van der Waals surface area contributed by atoms with E-state index in [-0.39, 0.29) is 10.6 Å². The predicted octanol–water partition coefficient (Wildman–Crippen LogP) is 2.02. The number of benzene rings is 1. The molecule has 0 spiro atoms. The van der Waals surface area contributed by atoms with E-state index in [9.17, 15) is 13.2 Å². The lowest BCUT2D eigenvalue weighted by molar-refractivity contribution is 0.0991. The largest absolute Gasteiger partial charge is 0.513 e. The molecule has 1 rings (SSSR count). The summed E-state index contributed by atoms with van der Waals surface area (Å²) in [4.78, 5) is 11.3. The molecule has 0 radical (unpaired) electrons. The maximum absolute atomic E-state index is 11.2. The van der Waals surface area contributed by atoms with Crippen molar-refractivity contribution in [1.29, 1.82) is 0 Å². The van der Waals surface area contributed by atoms with Crippen molar-refractivity contribution < 1.29 is 22.7 Å². The number of ether oxygens (including phenoxy) is 2. The van der Waals surface area contributed by atoms with Crippen LogP contribution in [0.2, 0.25) is 0 Å². The molecule has 0 aromatic heterocycles. The second-order valence-corrected chi connectivity index (χ2v) is 5.46. The maximum atomic E-state index is 11.2. The molecule has 1 aromatic rings. The van der Waals surface area contributed by atoms with Crippen molar-refractivity contribution in [1.82, 2.24) is 0 Å². The zero-order valence-electron chi connectivity index (χ0n) is 9.67. The first-order valence-electron chi connectivity index (χ1n) is 5.08. The Morgan fingerprint density at radius 1 is 1.24 bits per heavy atom. The molecule has 0 aliphatic carbocycles. The van der Waals surface area contributed by atoms with Gasteiger partial charge >= 0.3 is 6.16 Å². The molecule has 0 N–H and O–H groups in total. The van der Waals surface area contributed by atoms with Gasteiger partial charge in [0.1, 0.15) is 5.75 Å². The second kappa shape index (κ2) is 5.67. The van der Waals surface area contributed by atoms with E-state index >= 15 is 0 Å². The van der Waals surface area contributed by atoms with Crippen molar-refractivity contribution in [3.05, 3.63) is 24.3 Å². The average molecular weight is 258 g/mol. The predicted molar refractivity (Wildman–Crippen MR) is 61.8 cm³/mol. The van der Waals surface area contributed by atoms with Gasteiger partial charge in [0.25, 0.3) is 0 Å². The number of carbonyl (C=O) groups is 1. The third-order valence-corrected chi connectivity index (χ3v) is 3.01. The molecule has 1 aromatic carbocycles. The van der Waals surface area contributed by atoms with Crippen LogP contribution in [0.3, 0.4) is 0 Å². The Labute approximate surface area is 100 Å². The first-order chi connectivity index (χ1) is 7.93. The van der Waals surface area contributed by atoms with Crippen LogP contribution in [-0.4, -0.2) is 27.4 Å². The molecule has 0 saturated carbocycles. The standard InChI is InChI=1S/C11H14O5S/c1-3-8-15-11(12)16-9-4-6-10(7-5-9)17(2,13)14/h4-7H,3,8H2,1-2H3. The first kappa shape index (κ1) is 13.5. The van der Waals surface area contributed by atoms with Crippen LogP contribution < -0.4 is 4.74 Å². The summed E-state index contributed by atoms with van der Waals surface area (Å²) in [5.74, 6) is 0.249. The molecule has 0 atom stereocenters. The average Bonchev–Trinajstić information content (AvgIpc) is 2.26. The molecular formula is C11H14O5S. The molecule has 0 bridgehead atoms. The molecule has 6 heteroatoms. The van der Waals surface area contributed by atoms with Gasteiger partial charge in [0.2, 0.25) is 0 Å². The molecular weight excluding hydrogens is 244 g/mol. The van der Waals surface area contributed by atoms with Crippen LogP contribution in [0.4, 0.5) is 4.79 Å². The highest BCUT2D eigenvalue weighted by molar-refractivity contribution is 7.90. The summed E-state index contributed by atoms with van der Waals surface area (Å²) in [6.07, 6.45) is 1.03. The normalized spacial score (nSPS) is 10.9. The lowest BCUT2D eigenvalue weighted by Gasteiger charge is -2.05. The van der Waals surface area contributed by atoms with E-state index < -0.39 is 16.0 Å². The lowest BCUT2D eigenvalue weighted by atomic mass is 10.3.